The molecule has 2 radical (unpaired) electrons. The van der Waals surface area contributed by atoms with Crippen molar-refractivity contribution >= 4 is 19.9 Å². The van der Waals surface area contributed by atoms with Crippen LogP contribution in [0.25, 0.3) is 0 Å². The van der Waals surface area contributed by atoms with Crippen LogP contribution in [-0.4, -0.2) is 50.5 Å². The van der Waals surface area contributed by atoms with Crippen LogP contribution in [0.15, 0.2) is 0 Å². The van der Waals surface area contributed by atoms with Gasteiger partial charge < -0.3 is 15.0 Å². The lowest BCUT2D eigenvalue weighted by Crippen LogP contribution is -2.40. The second-order valence-electron chi connectivity index (χ2n) is 3.63. The third-order valence-corrected chi connectivity index (χ3v) is 2.69. The Hall–Kier alpha value is -0.835. The van der Waals surface area contributed by atoms with E-state index in [1.807, 2.05) is 0 Å². The molecular weight excluding hydrogens is 179 g/mol. The highest BCUT2D eigenvalue weighted by Gasteiger charge is 2.31. The maximum atomic E-state index is 10.7. The van der Waals surface area contributed by atoms with Crippen LogP contribution in [0.3, 0.4) is 0 Å². The van der Waals surface area contributed by atoms with E-state index >= 15 is 0 Å². The van der Waals surface area contributed by atoms with E-state index in [0.717, 1.165) is 25.9 Å². The summed E-state index contributed by atoms with van der Waals surface area (Å²) >= 11 is 0. The van der Waals surface area contributed by atoms with Crippen molar-refractivity contribution in [2.24, 2.45) is 5.92 Å². The van der Waals surface area contributed by atoms with Crippen molar-refractivity contribution in [1.29, 1.82) is 0 Å². The van der Waals surface area contributed by atoms with Gasteiger partial charge in [-0.15, -0.1) is 0 Å². The zero-order valence-corrected chi connectivity index (χ0v) is 8.40. The van der Waals surface area contributed by atoms with Crippen LogP contribution in [0, 0.1) is 5.92 Å². The van der Waals surface area contributed by atoms with Gasteiger partial charge in [-0.1, -0.05) is 6.92 Å². The lowest BCUT2D eigenvalue weighted by atomic mass is 9.99. The molecule has 0 aromatic heterocycles. The largest absolute Gasteiger partial charge is 0.362 e. The summed E-state index contributed by atoms with van der Waals surface area (Å²) in [6.45, 7) is 4.65. The molecule has 5 heteroatoms. The standard InChI is InChI=1S/C9H15BN2O2/c1-2-12-5-7(3-4-13)8(6-12)11-9(10)14/h4,7-8H,2-3,5-6H2,1H3,(H,11,14)/t7-,8?/m0/s1. The van der Waals surface area contributed by atoms with Gasteiger partial charge in [0, 0.05) is 25.6 Å². The Morgan fingerprint density at radius 2 is 2.36 bits per heavy atom. The minimum Gasteiger partial charge on any atom is -0.362 e. The van der Waals surface area contributed by atoms with Crippen LogP contribution in [0.2, 0.25) is 0 Å². The van der Waals surface area contributed by atoms with Crippen molar-refractivity contribution in [1.82, 2.24) is 10.2 Å². The SMILES string of the molecule is [B]C(=O)NC1CN(CC)C[C@@H]1CC=O. The third kappa shape index (κ3) is 2.84. The van der Waals surface area contributed by atoms with Crippen LogP contribution in [0.4, 0.5) is 4.79 Å². The zero-order valence-electron chi connectivity index (χ0n) is 8.40. The first-order chi connectivity index (χ1) is 6.67. The summed E-state index contributed by atoms with van der Waals surface area (Å²) in [5, 5.41) is 2.68. The van der Waals surface area contributed by atoms with E-state index in [4.69, 9.17) is 7.85 Å². The normalized spacial score (nSPS) is 27.5. The van der Waals surface area contributed by atoms with Gasteiger partial charge in [0.1, 0.15) is 6.29 Å². The third-order valence-electron chi connectivity index (χ3n) is 2.69. The average Bonchev–Trinajstić information content (AvgIpc) is 2.48. The lowest BCUT2D eigenvalue weighted by Gasteiger charge is -2.16. The Labute approximate surface area is 85.4 Å². The van der Waals surface area contributed by atoms with Crippen molar-refractivity contribution < 1.29 is 9.59 Å². The second-order valence-corrected chi connectivity index (χ2v) is 3.63. The summed E-state index contributed by atoms with van der Waals surface area (Å²) < 4.78 is 0. The summed E-state index contributed by atoms with van der Waals surface area (Å²) in [6, 6.07) is 0.0256. The van der Waals surface area contributed by atoms with E-state index in [1.165, 1.54) is 0 Å². The molecule has 0 aliphatic carbocycles. The molecule has 1 aliphatic heterocycles. The molecule has 76 valence electrons. The number of hydrogen-bond donors (Lipinski definition) is 1. The summed E-state index contributed by atoms with van der Waals surface area (Å²) in [6.07, 6.45) is 1.39. The first kappa shape index (κ1) is 11.2. The zero-order chi connectivity index (χ0) is 10.6. The Kier molecular flexibility index (Phi) is 4.13. The molecule has 1 heterocycles. The quantitative estimate of drug-likeness (QED) is 0.496. The molecule has 0 spiro atoms. The number of amides is 1. The fraction of sp³-hybridized carbons (Fsp3) is 0.778. The number of nitrogens with one attached hydrogen (secondary N) is 1. The number of carbonyl (C=O) groups is 2. The maximum absolute atomic E-state index is 10.7. The molecule has 0 bridgehead atoms. The maximum Gasteiger partial charge on any atom is 0.200 e. The van der Waals surface area contributed by atoms with Crippen LogP contribution < -0.4 is 5.32 Å². The first-order valence-electron chi connectivity index (χ1n) is 4.89. The molecule has 1 aliphatic rings. The van der Waals surface area contributed by atoms with Gasteiger partial charge in [-0.25, -0.2) is 0 Å². The molecule has 0 aromatic carbocycles. The van der Waals surface area contributed by atoms with E-state index < -0.39 is 5.81 Å². The number of likely N-dealkylation sites (N-methyl/N-ethyl adjacent to an activating group) is 1. The fourth-order valence-corrected chi connectivity index (χ4v) is 1.93. The van der Waals surface area contributed by atoms with Crippen molar-refractivity contribution in [2.45, 2.75) is 19.4 Å². The molecule has 1 unspecified atom stereocenters. The van der Waals surface area contributed by atoms with Crippen LogP contribution >= 0.6 is 0 Å². The Morgan fingerprint density at radius 3 is 2.86 bits per heavy atom. The van der Waals surface area contributed by atoms with E-state index in [1.54, 1.807) is 0 Å². The van der Waals surface area contributed by atoms with Gasteiger partial charge in [0.05, 0.1) is 0 Å². The molecule has 0 aromatic rings. The number of aldehydes is 1. The molecular formula is C9H15BN2O2. The Morgan fingerprint density at radius 1 is 1.64 bits per heavy atom. The highest BCUT2D eigenvalue weighted by atomic mass is 16.1. The van der Waals surface area contributed by atoms with Crippen LogP contribution in [0.5, 0.6) is 0 Å². The molecule has 1 fully saturated rings. The minimum atomic E-state index is -0.510. The first-order valence-corrected chi connectivity index (χ1v) is 4.89. The highest BCUT2D eigenvalue weighted by molar-refractivity contribution is 6.57. The van der Waals surface area contributed by atoms with Gasteiger partial charge in [-0.05, 0) is 12.5 Å². The number of carbonyl (C=O) groups excluding carboxylic acids is 2. The Bertz CT molecular complexity index is 223. The molecule has 4 nitrogen and oxygen atoms in total. The van der Waals surface area contributed by atoms with Gasteiger partial charge >= 0.3 is 0 Å². The number of hydrogen-bond acceptors (Lipinski definition) is 3. The number of nitrogens with zero attached hydrogens (tertiary/aromatic N) is 1. The van der Waals surface area contributed by atoms with Crippen LogP contribution in [-0.2, 0) is 4.79 Å². The summed E-state index contributed by atoms with van der Waals surface area (Å²) in [7, 11) is 5.06. The Balaban J connectivity index is 2.52. The van der Waals surface area contributed by atoms with Crippen molar-refractivity contribution in [3.8, 4) is 0 Å². The minimum absolute atomic E-state index is 0.0256. The molecule has 0 saturated carbocycles. The van der Waals surface area contributed by atoms with Crippen molar-refractivity contribution in [2.75, 3.05) is 19.6 Å². The molecule has 1 saturated heterocycles. The average molecular weight is 194 g/mol. The monoisotopic (exact) mass is 194 g/mol. The molecule has 1 amide bonds. The highest BCUT2D eigenvalue weighted by Crippen LogP contribution is 2.18. The molecule has 1 N–H and O–H groups in total. The molecule has 1 rings (SSSR count). The van der Waals surface area contributed by atoms with E-state index in [9.17, 15) is 9.59 Å². The molecule has 14 heavy (non-hydrogen) atoms. The topological polar surface area (TPSA) is 49.4 Å². The van der Waals surface area contributed by atoms with Gasteiger partial charge in [-0.3, -0.25) is 4.79 Å². The summed E-state index contributed by atoms with van der Waals surface area (Å²) in [5.74, 6) is -0.302. The fourth-order valence-electron chi connectivity index (χ4n) is 1.93. The number of likely N-dealkylation sites (tertiary alicyclic amines) is 1. The van der Waals surface area contributed by atoms with Gasteiger partial charge in [0.15, 0.2) is 5.81 Å². The van der Waals surface area contributed by atoms with Crippen LogP contribution in [0.1, 0.15) is 13.3 Å². The van der Waals surface area contributed by atoms with Gasteiger partial charge in [-0.2, -0.15) is 0 Å². The van der Waals surface area contributed by atoms with E-state index in [2.05, 4.69) is 17.1 Å². The summed E-state index contributed by atoms with van der Waals surface area (Å²) in [4.78, 5) is 23.3. The van der Waals surface area contributed by atoms with E-state index in [-0.39, 0.29) is 12.0 Å². The smallest absolute Gasteiger partial charge is 0.200 e. The lowest BCUT2D eigenvalue weighted by molar-refractivity contribution is -0.108. The van der Waals surface area contributed by atoms with Crippen molar-refractivity contribution in [3.63, 3.8) is 0 Å². The summed E-state index contributed by atoms with van der Waals surface area (Å²) in [5.41, 5.74) is 0. The second kappa shape index (κ2) is 5.15. The molecule has 2 atom stereocenters. The van der Waals surface area contributed by atoms with Gasteiger partial charge in [0.2, 0.25) is 7.85 Å². The predicted molar refractivity (Wildman–Crippen MR) is 54.4 cm³/mol. The van der Waals surface area contributed by atoms with Gasteiger partial charge in [0.25, 0.3) is 0 Å². The van der Waals surface area contributed by atoms with E-state index in [0.29, 0.717) is 6.42 Å². The predicted octanol–water partition coefficient (Wildman–Crippen LogP) is -0.226. The van der Waals surface area contributed by atoms with Crippen molar-refractivity contribution in [3.05, 3.63) is 0 Å². The number of rotatable bonds is 4.